The molecule has 0 radical (unpaired) electrons. The lowest BCUT2D eigenvalue weighted by Crippen LogP contribution is -2.41. The Labute approximate surface area is 95.0 Å². The maximum atomic E-state index is 13.0. The van der Waals surface area contributed by atoms with Crippen molar-refractivity contribution in [2.75, 3.05) is 7.05 Å². The lowest BCUT2D eigenvalue weighted by atomic mass is 10.1. The van der Waals surface area contributed by atoms with E-state index in [1.54, 1.807) is 20.0 Å². The summed E-state index contributed by atoms with van der Waals surface area (Å²) in [5.74, 6) is -0.345. The average Bonchev–Trinajstić information content (AvgIpc) is 2.27. The van der Waals surface area contributed by atoms with Crippen LogP contribution in [0.3, 0.4) is 0 Å². The fraction of sp³-hybridized carbons (Fsp3) is 0.417. The lowest BCUT2D eigenvalue weighted by molar-refractivity contribution is -0.122. The number of halogens is 1. The van der Waals surface area contributed by atoms with Crippen LogP contribution in [0.4, 0.5) is 4.39 Å². The van der Waals surface area contributed by atoms with Gasteiger partial charge in [-0.1, -0.05) is 12.1 Å². The molecule has 1 unspecified atom stereocenters. The highest BCUT2D eigenvalue weighted by Gasteiger charge is 2.14. The van der Waals surface area contributed by atoms with E-state index >= 15 is 0 Å². The van der Waals surface area contributed by atoms with Gasteiger partial charge in [0.1, 0.15) is 5.82 Å². The number of likely N-dealkylation sites (N-methyl/N-ethyl adjacent to an activating group) is 1. The van der Waals surface area contributed by atoms with Crippen LogP contribution in [0.1, 0.15) is 25.5 Å². The highest BCUT2D eigenvalue weighted by atomic mass is 19.1. The van der Waals surface area contributed by atoms with Gasteiger partial charge in [0.2, 0.25) is 5.91 Å². The molecule has 0 aliphatic heterocycles. The summed E-state index contributed by atoms with van der Waals surface area (Å²) in [7, 11) is 1.59. The van der Waals surface area contributed by atoms with Crippen LogP contribution in [-0.2, 0) is 4.79 Å². The van der Waals surface area contributed by atoms with E-state index in [4.69, 9.17) is 0 Å². The zero-order valence-corrected chi connectivity index (χ0v) is 9.75. The fourth-order valence-corrected chi connectivity index (χ4v) is 1.54. The minimum Gasteiger partial charge on any atom is -0.358 e. The van der Waals surface area contributed by atoms with Crippen LogP contribution in [0.2, 0.25) is 0 Å². The molecule has 0 bridgehead atoms. The molecule has 4 heteroatoms. The number of benzene rings is 1. The minimum atomic E-state index is -0.303. The van der Waals surface area contributed by atoms with Crippen LogP contribution in [0.5, 0.6) is 0 Å². The number of hydrogen-bond acceptors (Lipinski definition) is 2. The van der Waals surface area contributed by atoms with Crippen molar-refractivity contribution in [3.8, 4) is 0 Å². The minimum absolute atomic E-state index is 0.0667. The first-order valence-corrected chi connectivity index (χ1v) is 5.27. The van der Waals surface area contributed by atoms with E-state index in [2.05, 4.69) is 10.6 Å². The third kappa shape index (κ3) is 3.31. The Morgan fingerprint density at radius 2 is 2.06 bits per heavy atom. The number of nitrogens with one attached hydrogen (secondary N) is 2. The van der Waals surface area contributed by atoms with Gasteiger partial charge in [-0.15, -0.1) is 0 Å². The second-order valence-corrected chi connectivity index (χ2v) is 3.78. The Morgan fingerprint density at radius 1 is 1.38 bits per heavy atom. The van der Waals surface area contributed by atoms with Crippen molar-refractivity contribution in [1.82, 2.24) is 10.6 Å². The van der Waals surface area contributed by atoms with E-state index in [-0.39, 0.29) is 23.8 Å². The van der Waals surface area contributed by atoms with Gasteiger partial charge in [0.15, 0.2) is 0 Å². The number of carbonyl (C=O) groups excluding carboxylic acids is 1. The molecular weight excluding hydrogens is 207 g/mol. The van der Waals surface area contributed by atoms with Gasteiger partial charge in [-0.2, -0.15) is 0 Å². The number of rotatable bonds is 4. The van der Waals surface area contributed by atoms with Crippen LogP contribution in [0.15, 0.2) is 24.3 Å². The first kappa shape index (κ1) is 12.6. The molecule has 2 N–H and O–H groups in total. The highest BCUT2D eigenvalue weighted by molar-refractivity contribution is 5.80. The average molecular weight is 224 g/mol. The summed E-state index contributed by atoms with van der Waals surface area (Å²) in [6.45, 7) is 3.67. The molecule has 2 atom stereocenters. The van der Waals surface area contributed by atoms with E-state index < -0.39 is 0 Å². The van der Waals surface area contributed by atoms with E-state index in [1.807, 2.05) is 13.0 Å². The molecule has 0 aliphatic carbocycles. The summed E-state index contributed by atoms with van der Waals surface area (Å²) >= 11 is 0. The normalized spacial score (nSPS) is 14.2. The first-order valence-electron chi connectivity index (χ1n) is 5.27. The summed E-state index contributed by atoms with van der Waals surface area (Å²) in [5, 5.41) is 5.65. The molecule has 1 aromatic rings. The van der Waals surface area contributed by atoms with Crippen LogP contribution < -0.4 is 10.6 Å². The van der Waals surface area contributed by atoms with Crippen molar-refractivity contribution in [2.45, 2.75) is 25.9 Å². The summed E-state index contributed by atoms with van der Waals surface area (Å²) in [6, 6.07) is 5.99. The predicted octanol–water partition coefficient (Wildman–Crippen LogP) is 1.61. The largest absolute Gasteiger partial charge is 0.358 e. The second-order valence-electron chi connectivity index (χ2n) is 3.78. The molecule has 0 aromatic heterocycles. The van der Waals surface area contributed by atoms with Crippen LogP contribution >= 0.6 is 0 Å². The quantitative estimate of drug-likeness (QED) is 0.815. The zero-order valence-electron chi connectivity index (χ0n) is 9.75. The van der Waals surface area contributed by atoms with Crippen molar-refractivity contribution < 1.29 is 9.18 Å². The molecule has 0 saturated heterocycles. The molecule has 0 heterocycles. The Kier molecular flexibility index (Phi) is 4.43. The SMILES string of the molecule is CNC(=O)C(C)N[C@H](C)c1cccc(F)c1. The lowest BCUT2D eigenvalue weighted by Gasteiger charge is -2.19. The summed E-state index contributed by atoms with van der Waals surface area (Å²) < 4.78 is 13.0. The van der Waals surface area contributed by atoms with Gasteiger partial charge in [-0.25, -0.2) is 4.39 Å². The molecule has 1 aromatic carbocycles. The molecule has 3 nitrogen and oxygen atoms in total. The Balaban J connectivity index is 2.65. The van der Waals surface area contributed by atoms with Crippen molar-refractivity contribution >= 4 is 5.91 Å². The summed E-state index contributed by atoms with van der Waals surface area (Å²) in [4.78, 5) is 11.3. The molecule has 1 amide bonds. The van der Waals surface area contributed by atoms with Gasteiger partial charge in [-0.05, 0) is 31.5 Å². The third-order valence-corrected chi connectivity index (χ3v) is 2.49. The highest BCUT2D eigenvalue weighted by Crippen LogP contribution is 2.13. The molecule has 0 aliphatic rings. The number of carbonyl (C=O) groups is 1. The van der Waals surface area contributed by atoms with Gasteiger partial charge in [0, 0.05) is 13.1 Å². The molecule has 0 spiro atoms. The maximum absolute atomic E-state index is 13.0. The summed E-state index contributed by atoms with van der Waals surface area (Å²) in [6.07, 6.45) is 0. The zero-order chi connectivity index (χ0) is 12.1. The molecule has 1 rings (SSSR count). The topological polar surface area (TPSA) is 41.1 Å². The Morgan fingerprint density at radius 3 is 2.62 bits per heavy atom. The van der Waals surface area contributed by atoms with E-state index in [9.17, 15) is 9.18 Å². The number of amides is 1. The molecule has 0 fully saturated rings. The monoisotopic (exact) mass is 224 g/mol. The third-order valence-electron chi connectivity index (χ3n) is 2.49. The second kappa shape index (κ2) is 5.61. The fourth-order valence-electron chi connectivity index (χ4n) is 1.54. The van der Waals surface area contributed by atoms with E-state index in [0.717, 1.165) is 5.56 Å². The van der Waals surface area contributed by atoms with Gasteiger partial charge >= 0.3 is 0 Å². The van der Waals surface area contributed by atoms with Crippen LogP contribution in [0, 0.1) is 5.82 Å². The van der Waals surface area contributed by atoms with Crippen molar-refractivity contribution in [3.05, 3.63) is 35.6 Å². The maximum Gasteiger partial charge on any atom is 0.236 e. The van der Waals surface area contributed by atoms with E-state index in [1.165, 1.54) is 12.1 Å². The summed E-state index contributed by atoms with van der Waals surface area (Å²) in [5.41, 5.74) is 0.829. The Hall–Kier alpha value is -1.42. The first-order chi connectivity index (χ1) is 7.54. The van der Waals surface area contributed by atoms with Crippen molar-refractivity contribution in [2.24, 2.45) is 0 Å². The molecular formula is C12H17FN2O. The molecule has 0 saturated carbocycles. The smallest absolute Gasteiger partial charge is 0.236 e. The van der Waals surface area contributed by atoms with Crippen molar-refractivity contribution in [1.29, 1.82) is 0 Å². The molecule has 16 heavy (non-hydrogen) atoms. The van der Waals surface area contributed by atoms with Crippen molar-refractivity contribution in [3.63, 3.8) is 0 Å². The Bertz CT molecular complexity index is 368. The van der Waals surface area contributed by atoms with Crippen LogP contribution in [-0.4, -0.2) is 19.0 Å². The van der Waals surface area contributed by atoms with Gasteiger partial charge in [0.25, 0.3) is 0 Å². The van der Waals surface area contributed by atoms with Gasteiger partial charge < -0.3 is 5.32 Å². The van der Waals surface area contributed by atoms with Crippen LogP contribution in [0.25, 0.3) is 0 Å². The standard InChI is InChI=1S/C12H17FN2O/c1-8(15-9(2)12(16)14-3)10-5-4-6-11(13)7-10/h4-9,15H,1-3H3,(H,14,16)/t8-,9?/m1/s1. The van der Waals surface area contributed by atoms with Gasteiger partial charge in [-0.3, -0.25) is 10.1 Å². The molecule has 88 valence electrons. The number of hydrogen-bond donors (Lipinski definition) is 2. The van der Waals surface area contributed by atoms with E-state index in [0.29, 0.717) is 0 Å². The van der Waals surface area contributed by atoms with Gasteiger partial charge in [0.05, 0.1) is 6.04 Å². The predicted molar refractivity (Wildman–Crippen MR) is 61.5 cm³/mol.